The Morgan fingerprint density at radius 2 is 1.90 bits per heavy atom. The standard InChI is InChI=1S/C33H46N4O4/c1-4-41-31(40)25(17-21-9-5-6-10-21)30(39)34-19-23-20-37(36-35-23)28-18-27-24-13-12-22-11-7-8-15-32(22,2)26(24)14-16-33(27,3)29(28)38/h5-6,9-10,17,20-22,24,26-29,38H,4,7-8,11-16,18-19H2,1-3H3,(H,34,39)/b25-17+/t22-,24-,26+,27+,28+,29-,32+,33+/m1/s1. The molecule has 0 radical (unpaired) electrons. The van der Waals surface area contributed by atoms with Crippen LogP contribution in [0.2, 0.25) is 0 Å². The van der Waals surface area contributed by atoms with Crippen molar-refractivity contribution in [2.75, 3.05) is 6.61 Å². The van der Waals surface area contributed by atoms with Crippen molar-refractivity contribution in [2.45, 2.75) is 97.2 Å². The topological polar surface area (TPSA) is 106 Å². The number of nitrogens with one attached hydrogen (secondary N) is 1. The molecule has 1 aromatic heterocycles. The highest BCUT2D eigenvalue weighted by atomic mass is 16.5. The summed E-state index contributed by atoms with van der Waals surface area (Å²) in [6.45, 7) is 6.94. The summed E-state index contributed by atoms with van der Waals surface area (Å²) in [5.74, 6) is 1.55. The lowest BCUT2D eigenvalue weighted by molar-refractivity contribution is -0.140. The third kappa shape index (κ3) is 5.00. The number of aliphatic hydroxyl groups is 1. The van der Waals surface area contributed by atoms with Crippen LogP contribution < -0.4 is 5.32 Å². The van der Waals surface area contributed by atoms with Crippen molar-refractivity contribution < 1.29 is 19.4 Å². The molecule has 41 heavy (non-hydrogen) atoms. The molecule has 2 N–H and O–H groups in total. The van der Waals surface area contributed by atoms with E-state index in [4.69, 9.17) is 4.74 Å². The van der Waals surface area contributed by atoms with Gasteiger partial charge in [0.15, 0.2) is 0 Å². The molecule has 0 spiro atoms. The summed E-state index contributed by atoms with van der Waals surface area (Å²) >= 11 is 0. The van der Waals surface area contributed by atoms with E-state index in [1.165, 1.54) is 44.9 Å². The first kappa shape index (κ1) is 28.4. The van der Waals surface area contributed by atoms with Crippen molar-refractivity contribution in [1.29, 1.82) is 0 Å². The van der Waals surface area contributed by atoms with E-state index in [9.17, 15) is 14.7 Å². The molecule has 8 nitrogen and oxygen atoms in total. The number of esters is 1. The quantitative estimate of drug-likeness (QED) is 0.208. The molecule has 0 saturated heterocycles. The Morgan fingerprint density at radius 1 is 1.10 bits per heavy atom. The molecule has 0 bridgehead atoms. The van der Waals surface area contributed by atoms with E-state index in [0.717, 1.165) is 24.7 Å². The Bertz CT molecular complexity index is 1240. The van der Waals surface area contributed by atoms with Gasteiger partial charge in [-0.15, -0.1) is 5.10 Å². The van der Waals surface area contributed by atoms with Crippen molar-refractivity contribution in [3.8, 4) is 0 Å². The molecule has 5 aliphatic carbocycles. The van der Waals surface area contributed by atoms with Gasteiger partial charge in [-0.25, -0.2) is 9.48 Å². The lowest BCUT2D eigenvalue weighted by Crippen LogP contribution is -2.53. The van der Waals surface area contributed by atoms with E-state index in [1.54, 1.807) is 13.0 Å². The Kier molecular flexibility index (Phi) is 7.72. The Labute approximate surface area is 243 Å². The first-order chi connectivity index (χ1) is 19.7. The number of allylic oxidation sites excluding steroid dienone is 5. The van der Waals surface area contributed by atoms with Crippen LogP contribution >= 0.6 is 0 Å². The number of carbonyl (C=O) groups is 2. The molecule has 4 saturated carbocycles. The number of ether oxygens (including phenoxy) is 1. The molecule has 1 amide bonds. The van der Waals surface area contributed by atoms with Crippen LogP contribution in [0.25, 0.3) is 0 Å². The molecular formula is C33H46N4O4. The van der Waals surface area contributed by atoms with E-state index in [-0.39, 0.29) is 36.1 Å². The third-order valence-electron chi connectivity index (χ3n) is 11.8. The lowest BCUT2D eigenvalue weighted by Gasteiger charge is -2.60. The molecule has 8 heteroatoms. The zero-order valence-electron chi connectivity index (χ0n) is 24.8. The number of aliphatic hydroxyl groups excluding tert-OH is 1. The molecule has 5 aliphatic rings. The Balaban J connectivity index is 1.14. The van der Waals surface area contributed by atoms with Gasteiger partial charge in [-0.3, -0.25) is 4.79 Å². The van der Waals surface area contributed by atoms with Gasteiger partial charge in [-0.2, -0.15) is 0 Å². The van der Waals surface area contributed by atoms with Gasteiger partial charge in [0, 0.05) is 5.92 Å². The molecular weight excluding hydrogens is 516 g/mol. The van der Waals surface area contributed by atoms with Gasteiger partial charge in [0.1, 0.15) is 11.3 Å². The number of rotatable bonds is 7. The van der Waals surface area contributed by atoms with E-state index >= 15 is 0 Å². The second kappa shape index (κ2) is 11.2. The molecule has 0 unspecified atom stereocenters. The first-order valence-electron chi connectivity index (χ1n) is 15.9. The number of nitrogens with zero attached hydrogens (tertiary/aromatic N) is 3. The fourth-order valence-electron chi connectivity index (χ4n) is 9.56. The lowest BCUT2D eigenvalue weighted by atomic mass is 9.45. The van der Waals surface area contributed by atoms with Gasteiger partial charge >= 0.3 is 5.97 Å². The fraction of sp³-hybridized carbons (Fsp3) is 0.697. The van der Waals surface area contributed by atoms with Gasteiger partial charge < -0.3 is 15.2 Å². The number of carbonyl (C=O) groups excluding carboxylic acids is 2. The Morgan fingerprint density at radius 3 is 2.68 bits per heavy atom. The number of hydrogen-bond acceptors (Lipinski definition) is 6. The van der Waals surface area contributed by atoms with Crippen LogP contribution in [0.5, 0.6) is 0 Å². The molecule has 1 heterocycles. The number of amides is 1. The Hall–Kier alpha value is -2.74. The van der Waals surface area contributed by atoms with Crippen molar-refractivity contribution in [2.24, 2.45) is 40.4 Å². The monoisotopic (exact) mass is 562 g/mol. The maximum atomic E-state index is 13.0. The molecule has 0 aliphatic heterocycles. The molecule has 4 fully saturated rings. The SMILES string of the molecule is CCOC(=O)/C(=C/C1C=CC=C1)C(=O)NCc1cn([C@H]2C[C@H]3[C@@H]4CC[C@H]5CCCC[C@]5(C)[C@H]4CC[C@]3(C)[C@@H]2O)nn1. The first-order valence-corrected chi connectivity index (χ1v) is 15.9. The molecule has 0 aromatic carbocycles. The van der Waals surface area contributed by atoms with Crippen LogP contribution in [-0.2, 0) is 20.9 Å². The summed E-state index contributed by atoms with van der Waals surface area (Å²) in [4.78, 5) is 25.5. The van der Waals surface area contributed by atoms with Crippen LogP contribution in [0.4, 0.5) is 0 Å². The minimum atomic E-state index is -0.637. The van der Waals surface area contributed by atoms with Crippen LogP contribution in [0.3, 0.4) is 0 Å². The van der Waals surface area contributed by atoms with E-state index in [2.05, 4.69) is 29.5 Å². The summed E-state index contributed by atoms with van der Waals surface area (Å²) in [5, 5.41) is 23.3. The summed E-state index contributed by atoms with van der Waals surface area (Å²) in [5.41, 5.74) is 0.944. The highest BCUT2D eigenvalue weighted by molar-refractivity contribution is 6.16. The average molecular weight is 563 g/mol. The van der Waals surface area contributed by atoms with E-state index < -0.39 is 18.0 Å². The zero-order valence-corrected chi connectivity index (χ0v) is 24.8. The normalized spacial score (nSPS) is 38.3. The highest BCUT2D eigenvalue weighted by Gasteiger charge is 2.62. The molecule has 6 rings (SSSR count). The van der Waals surface area contributed by atoms with Crippen molar-refractivity contribution in [1.82, 2.24) is 20.3 Å². The van der Waals surface area contributed by atoms with Gasteiger partial charge in [-0.05, 0) is 86.4 Å². The van der Waals surface area contributed by atoms with Crippen molar-refractivity contribution >= 4 is 11.9 Å². The van der Waals surface area contributed by atoms with Crippen molar-refractivity contribution in [3.05, 3.63) is 47.8 Å². The highest BCUT2D eigenvalue weighted by Crippen LogP contribution is 2.67. The summed E-state index contributed by atoms with van der Waals surface area (Å²) in [6, 6.07) is -0.117. The second-order valence-corrected chi connectivity index (χ2v) is 13.7. The number of aromatic nitrogens is 3. The van der Waals surface area contributed by atoms with Crippen LogP contribution in [-0.4, -0.2) is 44.7 Å². The minimum Gasteiger partial charge on any atom is -0.462 e. The summed E-state index contributed by atoms with van der Waals surface area (Å²) in [6.07, 6.45) is 22.0. The predicted octanol–water partition coefficient (Wildman–Crippen LogP) is 5.07. The largest absolute Gasteiger partial charge is 0.462 e. The average Bonchev–Trinajstić information content (AvgIpc) is 3.70. The maximum Gasteiger partial charge on any atom is 0.343 e. The summed E-state index contributed by atoms with van der Waals surface area (Å²) in [7, 11) is 0. The summed E-state index contributed by atoms with van der Waals surface area (Å²) < 4.78 is 6.95. The maximum absolute atomic E-state index is 13.0. The number of hydrogen-bond donors (Lipinski definition) is 2. The minimum absolute atomic E-state index is 0.0143. The van der Waals surface area contributed by atoms with Crippen molar-refractivity contribution in [3.63, 3.8) is 0 Å². The van der Waals surface area contributed by atoms with Gasteiger partial charge in [0.05, 0.1) is 31.5 Å². The fourth-order valence-corrected chi connectivity index (χ4v) is 9.56. The molecule has 222 valence electrons. The smallest absolute Gasteiger partial charge is 0.343 e. The molecule has 8 atom stereocenters. The number of fused-ring (bicyclic) bond motifs is 5. The second-order valence-electron chi connectivity index (χ2n) is 13.7. The van der Waals surface area contributed by atoms with Gasteiger partial charge in [0.2, 0.25) is 0 Å². The zero-order chi connectivity index (χ0) is 28.8. The predicted molar refractivity (Wildman–Crippen MR) is 155 cm³/mol. The molecule has 1 aromatic rings. The van der Waals surface area contributed by atoms with E-state index in [0.29, 0.717) is 22.9 Å². The third-order valence-corrected chi connectivity index (χ3v) is 11.8. The van der Waals surface area contributed by atoms with Gasteiger partial charge in [-0.1, -0.05) is 62.3 Å². The van der Waals surface area contributed by atoms with Crippen LogP contribution in [0, 0.1) is 40.4 Å². The van der Waals surface area contributed by atoms with E-state index in [1.807, 2.05) is 35.2 Å². The van der Waals surface area contributed by atoms with Crippen LogP contribution in [0.15, 0.2) is 42.2 Å². The van der Waals surface area contributed by atoms with Gasteiger partial charge in [0.25, 0.3) is 5.91 Å². The van der Waals surface area contributed by atoms with Crippen LogP contribution in [0.1, 0.15) is 90.3 Å².